The molecular formula is C22H19N3O3S. The first-order chi connectivity index (χ1) is 14.0. The zero-order valence-electron chi connectivity index (χ0n) is 15.7. The number of nitrogens with zero attached hydrogens (tertiary/aromatic N) is 2. The number of nitrogens with one attached hydrogen (secondary N) is 1. The normalized spacial score (nSPS) is 12.6. The lowest BCUT2D eigenvalue weighted by Crippen LogP contribution is -2.29. The number of hydrogen-bond donors (Lipinski definition) is 1. The van der Waals surface area contributed by atoms with Gasteiger partial charge in [0.25, 0.3) is 0 Å². The molecular weight excluding hydrogens is 386 g/mol. The molecule has 0 radical (unpaired) electrons. The predicted octanol–water partition coefficient (Wildman–Crippen LogP) is 4.11. The van der Waals surface area contributed by atoms with Crippen LogP contribution in [-0.4, -0.2) is 18.6 Å². The quantitative estimate of drug-likeness (QED) is 0.522. The van der Waals surface area contributed by atoms with Crippen molar-refractivity contribution in [1.82, 2.24) is 14.9 Å². The number of rotatable bonds is 6. The minimum atomic E-state index is -3.81. The average molecular weight is 405 g/mol. The van der Waals surface area contributed by atoms with Gasteiger partial charge in [-0.1, -0.05) is 66.2 Å². The fourth-order valence-electron chi connectivity index (χ4n) is 2.90. The Morgan fingerprint density at radius 2 is 1.45 bits per heavy atom. The zero-order valence-corrected chi connectivity index (χ0v) is 16.5. The summed E-state index contributed by atoms with van der Waals surface area (Å²) in [5, 5.41) is 8.21. The van der Waals surface area contributed by atoms with Crippen LogP contribution in [0.1, 0.15) is 23.1 Å². The Hall–Kier alpha value is -3.29. The van der Waals surface area contributed by atoms with E-state index in [2.05, 4.69) is 14.9 Å². The van der Waals surface area contributed by atoms with Crippen LogP contribution in [0.25, 0.3) is 11.5 Å². The van der Waals surface area contributed by atoms with Crippen molar-refractivity contribution in [3.63, 3.8) is 0 Å². The highest BCUT2D eigenvalue weighted by Gasteiger charge is 2.27. The molecule has 0 aliphatic heterocycles. The molecule has 0 bridgehead atoms. The standard InChI is InChI=1S/C22H19N3O3S/c1-16-12-14-19(15-13-16)29(26,27)25-20(17-8-4-2-5-9-17)22-24-23-21(28-22)18-10-6-3-7-11-18/h2-15,20,25H,1H3. The molecule has 1 N–H and O–H groups in total. The summed E-state index contributed by atoms with van der Waals surface area (Å²) < 4.78 is 34.5. The maximum Gasteiger partial charge on any atom is 0.247 e. The van der Waals surface area contributed by atoms with E-state index in [0.717, 1.165) is 11.1 Å². The molecule has 146 valence electrons. The molecule has 29 heavy (non-hydrogen) atoms. The van der Waals surface area contributed by atoms with Gasteiger partial charge in [-0.25, -0.2) is 8.42 Å². The largest absolute Gasteiger partial charge is 0.419 e. The van der Waals surface area contributed by atoms with E-state index in [1.165, 1.54) is 0 Å². The molecule has 0 spiro atoms. The Bertz CT molecular complexity index is 1190. The monoisotopic (exact) mass is 405 g/mol. The lowest BCUT2D eigenvalue weighted by atomic mass is 10.1. The molecule has 3 aromatic carbocycles. The van der Waals surface area contributed by atoms with Gasteiger partial charge in [0.1, 0.15) is 6.04 Å². The summed E-state index contributed by atoms with van der Waals surface area (Å²) >= 11 is 0. The molecule has 1 heterocycles. The van der Waals surface area contributed by atoms with Crippen LogP contribution >= 0.6 is 0 Å². The molecule has 6 nitrogen and oxygen atoms in total. The molecule has 4 rings (SSSR count). The first-order valence-electron chi connectivity index (χ1n) is 9.06. The van der Waals surface area contributed by atoms with E-state index in [4.69, 9.17) is 4.42 Å². The summed E-state index contributed by atoms with van der Waals surface area (Å²) in [5.74, 6) is 0.502. The van der Waals surface area contributed by atoms with Crippen molar-refractivity contribution in [1.29, 1.82) is 0 Å². The van der Waals surface area contributed by atoms with Gasteiger partial charge in [-0.3, -0.25) is 0 Å². The summed E-state index contributed by atoms with van der Waals surface area (Å²) in [7, 11) is -3.81. The van der Waals surface area contributed by atoms with Gasteiger partial charge < -0.3 is 4.42 Å². The molecule has 0 saturated heterocycles. The van der Waals surface area contributed by atoms with Crippen molar-refractivity contribution < 1.29 is 12.8 Å². The lowest BCUT2D eigenvalue weighted by Gasteiger charge is -2.16. The van der Waals surface area contributed by atoms with E-state index in [-0.39, 0.29) is 10.8 Å². The Labute approximate surface area is 169 Å². The lowest BCUT2D eigenvalue weighted by molar-refractivity contribution is 0.464. The molecule has 1 unspecified atom stereocenters. The van der Waals surface area contributed by atoms with Gasteiger partial charge in [0.2, 0.25) is 21.8 Å². The van der Waals surface area contributed by atoms with Crippen LogP contribution in [-0.2, 0) is 10.0 Å². The van der Waals surface area contributed by atoms with E-state index in [0.29, 0.717) is 11.5 Å². The summed E-state index contributed by atoms with van der Waals surface area (Å²) in [4.78, 5) is 0.173. The third kappa shape index (κ3) is 4.26. The van der Waals surface area contributed by atoms with Gasteiger partial charge in [0.05, 0.1) is 4.90 Å². The number of benzene rings is 3. The van der Waals surface area contributed by atoms with Gasteiger partial charge in [-0.15, -0.1) is 10.2 Å². The zero-order chi connectivity index (χ0) is 20.3. The topological polar surface area (TPSA) is 85.1 Å². The highest BCUT2D eigenvalue weighted by molar-refractivity contribution is 7.89. The average Bonchev–Trinajstić information content (AvgIpc) is 3.24. The first-order valence-corrected chi connectivity index (χ1v) is 10.5. The number of aromatic nitrogens is 2. The SMILES string of the molecule is Cc1ccc(S(=O)(=O)NC(c2ccccc2)c2nnc(-c3ccccc3)o2)cc1. The predicted molar refractivity (Wildman–Crippen MR) is 110 cm³/mol. The first kappa shape index (κ1) is 19.0. The summed E-state index contributed by atoms with van der Waals surface area (Å²) in [6, 6.07) is 24.3. The van der Waals surface area contributed by atoms with Crippen molar-refractivity contribution in [3.05, 3.63) is 102 Å². The van der Waals surface area contributed by atoms with Gasteiger partial charge in [-0.2, -0.15) is 4.72 Å². The van der Waals surface area contributed by atoms with Crippen LogP contribution in [0, 0.1) is 6.92 Å². The molecule has 0 aliphatic carbocycles. The Morgan fingerprint density at radius 1 is 0.828 bits per heavy atom. The van der Waals surface area contributed by atoms with Gasteiger partial charge in [0.15, 0.2) is 0 Å². The van der Waals surface area contributed by atoms with Crippen LogP contribution in [0.15, 0.2) is 94.2 Å². The molecule has 0 amide bonds. The third-order valence-electron chi connectivity index (χ3n) is 4.45. The molecule has 7 heteroatoms. The number of sulfonamides is 1. The van der Waals surface area contributed by atoms with Crippen LogP contribution < -0.4 is 4.72 Å². The molecule has 4 aromatic rings. The van der Waals surface area contributed by atoms with Gasteiger partial charge in [0, 0.05) is 5.56 Å². The van der Waals surface area contributed by atoms with Gasteiger partial charge >= 0.3 is 0 Å². The fraction of sp³-hybridized carbons (Fsp3) is 0.0909. The van der Waals surface area contributed by atoms with Crippen molar-refractivity contribution >= 4 is 10.0 Å². The minimum Gasteiger partial charge on any atom is -0.419 e. The highest BCUT2D eigenvalue weighted by Crippen LogP contribution is 2.26. The van der Waals surface area contributed by atoms with E-state index in [1.54, 1.807) is 24.3 Å². The Kier molecular flexibility index (Phi) is 5.24. The molecule has 0 aliphatic rings. The maximum absolute atomic E-state index is 13.0. The van der Waals surface area contributed by atoms with Crippen LogP contribution in [0.2, 0.25) is 0 Å². The van der Waals surface area contributed by atoms with E-state index < -0.39 is 16.1 Å². The van der Waals surface area contributed by atoms with E-state index in [1.807, 2.05) is 67.6 Å². The summed E-state index contributed by atoms with van der Waals surface area (Å²) in [6.07, 6.45) is 0. The minimum absolute atomic E-state index is 0.172. The van der Waals surface area contributed by atoms with Crippen LogP contribution in [0.3, 0.4) is 0 Å². The second kappa shape index (κ2) is 7.98. The smallest absolute Gasteiger partial charge is 0.247 e. The molecule has 0 fully saturated rings. The highest BCUT2D eigenvalue weighted by atomic mass is 32.2. The van der Waals surface area contributed by atoms with Gasteiger partial charge in [-0.05, 0) is 36.8 Å². The summed E-state index contributed by atoms with van der Waals surface area (Å²) in [6.45, 7) is 1.90. The van der Waals surface area contributed by atoms with Crippen molar-refractivity contribution in [2.45, 2.75) is 17.9 Å². The number of aryl methyl sites for hydroxylation is 1. The molecule has 1 aromatic heterocycles. The Balaban J connectivity index is 1.72. The second-order valence-electron chi connectivity index (χ2n) is 6.59. The fourth-order valence-corrected chi connectivity index (χ4v) is 4.07. The Morgan fingerprint density at radius 3 is 2.10 bits per heavy atom. The number of hydrogen-bond acceptors (Lipinski definition) is 5. The second-order valence-corrected chi connectivity index (χ2v) is 8.30. The maximum atomic E-state index is 13.0. The van der Waals surface area contributed by atoms with Crippen LogP contribution in [0.4, 0.5) is 0 Å². The summed E-state index contributed by atoms with van der Waals surface area (Å²) in [5.41, 5.74) is 2.44. The molecule has 0 saturated carbocycles. The van der Waals surface area contributed by atoms with Crippen molar-refractivity contribution in [3.8, 4) is 11.5 Å². The van der Waals surface area contributed by atoms with Crippen molar-refractivity contribution in [2.24, 2.45) is 0 Å². The van der Waals surface area contributed by atoms with Crippen LogP contribution in [0.5, 0.6) is 0 Å². The molecule has 1 atom stereocenters. The van der Waals surface area contributed by atoms with E-state index >= 15 is 0 Å². The van der Waals surface area contributed by atoms with Crippen molar-refractivity contribution in [2.75, 3.05) is 0 Å². The van der Waals surface area contributed by atoms with E-state index in [9.17, 15) is 8.42 Å². The third-order valence-corrected chi connectivity index (χ3v) is 5.88.